The van der Waals surface area contributed by atoms with Crippen LogP contribution in [0.25, 0.3) is 0 Å². The van der Waals surface area contributed by atoms with Crippen LogP contribution in [0, 0.1) is 5.92 Å². The Morgan fingerprint density at radius 2 is 2.05 bits per heavy atom. The minimum Gasteiger partial charge on any atom is -0.206 e. The fourth-order valence-electron chi connectivity index (χ4n) is 2.54. The zero-order chi connectivity index (χ0) is 13.9. The molecule has 1 aromatic heterocycles. The lowest BCUT2D eigenvalue weighted by Crippen LogP contribution is -2.38. The second-order valence-corrected chi connectivity index (χ2v) is 8.59. The number of rotatable bonds is 5. The van der Waals surface area contributed by atoms with Gasteiger partial charge in [-0.2, -0.15) is 4.31 Å². The zero-order valence-electron chi connectivity index (χ0n) is 11.1. The molecule has 0 N–H and O–H groups in total. The number of nitrogens with zero attached hydrogens (tertiary/aromatic N) is 1. The molecule has 2 heterocycles. The molecular weight excluding hydrogens is 302 g/mol. The summed E-state index contributed by atoms with van der Waals surface area (Å²) in [6.07, 6.45) is 4.37. The predicted molar refractivity (Wildman–Crippen MR) is 80.3 cm³/mol. The van der Waals surface area contributed by atoms with E-state index in [1.54, 1.807) is 16.4 Å². The Hall–Kier alpha value is -0.100. The molecule has 1 aromatic rings. The van der Waals surface area contributed by atoms with Crippen LogP contribution < -0.4 is 0 Å². The molecule has 19 heavy (non-hydrogen) atoms. The van der Waals surface area contributed by atoms with Crippen LogP contribution in [-0.4, -0.2) is 25.8 Å². The van der Waals surface area contributed by atoms with Crippen LogP contribution in [0.4, 0.5) is 0 Å². The Balaban J connectivity index is 2.05. The van der Waals surface area contributed by atoms with Crippen molar-refractivity contribution in [3.63, 3.8) is 0 Å². The first kappa shape index (κ1) is 15.3. The van der Waals surface area contributed by atoms with Gasteiger partial charge in [-0.05, 0) is 30.9 Å². The second-order valence-electron chi connectivity index (χ2n) is 4.99. The number of piperidine rings is 1. The van der Waals surface area contributed by atoms with E-state index in [1.165, 1.54) is 24.2 Å². The van der Waals surface area contributed by atoms with Crippen molar-refractivity contribution in [1.82, 2.24) is 4.31 Å². The summed E-state index contributed by atoms with van der Waals surface area (Å²) in [6, 6.07) is 3.48. The Kier molecular flexibility index (Phi) is 5.29. The Morgan fingerprint density at radius 1 is 1.37 bits per heavy atom. The van der Waals surface area contributed by atoms with Crippen LogP contribution in [0.1, 0.15) is 37.5 Å². The van der Waals surface area contributed by atoms with Crippen LogP contribution in [0.2, 0.25) is 0 Å². The van der Waals surface area contributed by atoms with Crippen LogP contribution >= 0.6 is 22.9 Å². The first-order valence-electron chi connectivity index (χ1n) is 6.72. The largest absolute Gasteiger partial charge is 0.252 e. The van der Waals surface area contributed by atoms with Crippen molar-refractivity contribution in [2.75, 3.05) is 13.1 Å². The van der Waals surface area contributed by atoms with Crippen LogP contribution in [-0.2, 0) is 15.9 Å². The molecule has 0 aliphatic carbocycles. The topological polar surface area (TPSA) is 37.4 Å². The van der Waals surface area contributed by atoms with Gasteiger partial charge in [0.15, 0.2) is 0 Å². The normalized spacial score (nSPS) is 18.8. The van der Waals surface area contributed by atoms with Gasteiger partial charge in [-0.3, -0.25) is 0 Å². The van der Waals surface area contributed by atoms with E-state index >= 15 is 0 Å². The van der Waals surface area contributed by atoms with Crippen molar-refractivity contribution in [1.29, 1.82) is 0 Å². The third-order valence-corrected chi connectivity index (χ3v) is 7.53. The quantitative estimate of drug-likeness (QED) is 0.776. The number of thiophene rings is 1. The Bertz CT molecular complexity index is 504. The SMILES string of the molecule is CCCC1CCN(S(=O)(=O)c2ccc(CCl)s2)CC1. The van der Waals surface area contributed by atoms with Crippen LogP contribution in [0.15, 0.2) is 16.3 Å². The number of halogens is 1. The summed E-state index contributed by atoms with van der Waals surface area (Å²) >= 11 is 7.01. The summed E-state index contributed by atoms with van der Waals surface area (Å²) in [7, 11) is -3.30. The summed E-state index contributed by atoms with van der Waals surface area (Å²) in [5, 5.41) is 0. The summed E-state index contributed by atoms with van der Waals surface area (Å²) in [6.45, 7) is 3.49. The van der Waals surface area contributed by atoms with Gasteiger partial charge in [0.05, 0.1) is 5.88 Å². The van der Waals surface area contributed by atoms with Crippen molar-refractivity contribution >= 4 is 33.0 Å². The fraction of sp³-hybridized carbons (Fsp3) is 0.692. The Labute approximate surface area is 124 Å². The smallest absolute Gasteiger partial charge is 0.206 e. The van der Waals surface area contributed by atoms with Gasteiger partial charge >= 0.3 is 0 Å². The van der Waals surface area contributed by atoms with Crippen molar-refractivity contribution in [3.05, 3.63) is 17.0 Å². The molecule has 0 saturated carbocycles. The van der Waals surface area contributed by atoms with Crippen LogP contribution in [0.3, 0.4) is 0 Å². The summed E-state index contributed by atoms with van der Waals surface area (Å²) in [5.41, 5.74) is 0. The molecule has 0 unspecified atom stereocenters. The van der Waals surface area contributed by atoms with Gasteiger partial charge in [0.1, 0.15) is 4.21 Å². The fourth-order valence-corrected chi connectivity index (χ4v) is 5.62. The van der Waals surface area contributed by atoms with Gasteiger partial charge < -0.3 is 0 Å². The lowest BCUT2D eigenvalue weighted by molar-refractivity contribution is 0.263. The zero-order valence-corrected chi connectivity index (χ0v) is 13.5. The molecule has 0 radical (unpaired) electrons. The van der Waals surface area contributed by atoms with E-state index in [-0.39, 0.29) is 0 Å². The molecule has 1 saturated heterocycles. The lowest BCUT2D eigenvalue weighted by Gasteiger charge is -2.30. The molecule has 1 fully saturated rings. The highest BCUT2D eigenvalue weighted by Crippen LogP contribution is 2.30. The molecule has 0 bridgehead atoms. The molecule has 6 heteroatoms. The summed E-state index contributed by atoms with van der Waals surface area (Å²) in [5.74, 6) is 1.07. The van der Waals surface area contributed by atoms with Crippen LogP contribution in [0.5, 0.6) is 0 Å². The molecule has 0 atom stereocenters. The van der Waals surface area contributed by atoms with Gasteiger partial charge in [-0.1, -0.05) is 19.8 Å². The molecule has 0 amide bonds. The Morgan fingerprint density at radius 3 is 2.58 bits per heavy atom. The van der Waals surface area contributed by atoms with Gasteiger partial charge in [0, 0.05) is 18.0 Å². The average Bonchev–Trinajstić information content (AvgIpc) is 2.89. The second kappa shape index (κ2) is 6.57. The van der Waals surface area contributed by atoms with Gasteiger partial charge in [0.25, 0.3) is 10.0 Å². The molecule has 0 aromatic carbocycles. The maximum Gasteiger partial charge on any atom is 0.252 e. The first-order chi connectivity index (χ1) is 9.07. The van der Waals surface area contributed by atoms with E-state index < -0.39 is 10.0 Å². The number of alkyl halides is 1. The van der Waals surface area contributed by atoms with E-state index in [4.69, 9.17) is 11.6 Å². The van der Waals surface area contributed by atoms with Gasteiger partial charge in [-0.15, -0.1) is 22.9 Å². The number of sulfonamides is 1. The third kappa shape index (κ3) is 3.51. The molecule has 0 spiro atoms. The minimum absolute atomic E-state index is 0.374. The van der Waals surface area contributed by atoms with E-state index in [1.807, 2.05) is 0 Å². The standard InChI is InChI=1S/C13H20ClNO2S2/c1-2-3-11-6-8-15(9-7-11)19(16,17)13-5-4-12(10-14)18-13/h4-5,11H,2-3,6-10H2,1H3. The highest BCUT2D eigenvalue weighted by Gasteiger charge is 2.30. The van der Waals surface area contributed by atoms with Crippen molar-refractivity contribution in [3.8, 4) is 0 Å². The molecule has 1 aliphatic heterocycles. The minimum atomic E-state index is -3.30. The molecule has 108 valence electrons. The number of hydrogen-bond donors (Lipinski definition) is 0. The maximum absolute atomic E-state index is 12.5. The summed E-state index contributed by atoms with van der Waals surface area (Å²) in [4.78, 5) is 0.904. The van der Waals surface area contributed by atoms with E-state index in [2.05, 4.69) is 6.92 Å². The molecule has 3 nitrogen and oxygen atoms in total. The lowest BCUT2D eigenvalue weighted by atomic mass is 9.94. The van der Waals surface area contributed by atoms with Crippen molar-refractivity contribution < 1.29 is 8.42 Å². The molecule has 2 rings (SSSR count). The van der Waals surface area contributed by atoms with Crippen molar-refractivity contribution in [2.45, 2.75) is 42.7 Å². The summed E-state index contributed by atoms with van der Waals surface area (Å²) < 4.78 is 27.0. The van der Waals surface area contributed by atoms with E-state index in [0.717, 1.165) is 17.7 Å². The first-order valence-corrected chi connectivity index (χ1v) is 9.52. The maximum atomic E-state index is 12.5. The highest BCUT2D eigenvalue weighted by molar-refractivity contribution is 7.91. The van der Waals surface area contributed by atoms with Gasteiger partial charge in [-0.25, -0.2) is 8.42 Å². The number of hydrogen-bond acceptors (Lipinski definition) is 3. The monoisotopic (exact) mass is 321 g/mol. The average molecular weight is 322 g/mol. The highest BCUT2D eigenvalue weighted by atomic mass is 35.5. The van der Waals surface area contributed by atoms with E-state index in [9.17, 15) is 8.42 Å². The third-order valence-electron chi connectivity index (χ3n) is 3.63. The predicted octanol–water partition coefficient (Wildman–Crippen LogP) is 3.69. The molecule has 1 aliphatic rings. The molecular formula is C13H20ClNO2S2. The van der Waals surface area contributed by atoms with E-state index in [0.29, 0.717) is 29.1 Å². The van der Waals surface area contributed by atoms with Crippen molar-refractivity contribution in [2.24, 2.45) is 5.92 Å². The van der Waals surface area contributed by atoms with Gasteiger partial charge in [0.2, 0.25) is 0 Å².